The molecule has 0 amide bonds. The van der Waals surface area contributed by atoms with Crippen molar-refractivity contribution in [3.63, 3.8) is 0 Å². The molecule has 2 fully saturated rings. The maximum Gasteiger partial charge on any atom is 0.147 e. The number of rotatable bonds is 1. The SMILES string of the molecule is CCN1CC2(C)CCCC(C)(C1)C2=O. The smallest absolute Gasteiger partial charge is 0.147 e. The monoisotopic (exact) mass is 195 g/mol. The molecule has 0 N–H and O–H groups in total. The highest BCUT2D eigenvalue weighted by Gasteiger charge is 2.52. The maximum atomic E-state index is 12.3. The third-order valence-electron chi connectivity index (χ3n) is 4.15. The maximum absolute atomic E-state index is 12.3. The molecule has 2 unspecified atom stereocenters. The molecule has 2 atom stereocenters. The zero-order valence-corrected chi connectivity index (χ0v) is 9.60. The molecular weight excluding hydrogens is 174 g/mol. The van der Waals surface area contributed by atoms with E-state index in [1.807, 2.05) is 0 Å². The summed E-state index contributed by atoms with van der Waals surface area (Å²) < 4.78 is 0. The number of hydrogen-bond acceptors (Lipinski definition) is 2. The van der Waals surface area contributed by atoms with E-state index in [9.17, 15) is 4.79 Å². The normalized spacial score (nSPS) is 44.1. The number of piperidine rings is 1. The summed E-state index contributed by atoms with van der Waals surface area (Å²) in [5.74, 6) is 0.529. The lowest BCUT2D eigenvalue weighted by Crippen LogP contribution is -2.59. The fourth-order valence-corrected chi connectivity index (χ4v) is 3.39. The van der Waals surface area contributed by atoms with Crippen LogP contribution in [0.1, 0.15) is 40.0 Å². The van der Waals surface area contributed by atoms with Crippen LogP contribution in [0.15, 0.2) is 0 Å². The van der Waals surface area contributed by atoms with Crippen LogP contribution < -0.4 is 0 Å². The summed E-state index contributed by atoms with van der Waals surface area (Å²) in [5.41, 5.74) is -0.0808. The summed E-state index contributed by atoms with van der Waals surface area (Å²) in [5, 5.41) is 0. The molecule has 2 nitrogen and oxygen atoms in total. The molecule has 1 heterocycles. The molecule has 1 aliphatic carbocycles. The van der Waals surface area contributed by atoms with Gasteiger partial charge in [-0.3, -0.25) is 4.79 Å². The Balaban J connectivity index is 2.30. The topological polar surface area (TPSA) is 20.3 Å². The van der Waals surface area contributed by atoms with Gasteiger partial charge < -0.3 is 4.90 Å². The molecule has 1 aliphatic heterocycles. The first-order chi connectivity index (χ1) is 6.50. The van der Waals surface area contributed by atoms with E-state index in [1.54, 1.807) is 0 Å². The molecule has 2 rings (SSSR count). The average molecular weight is 195 g/mol. The molecule has 1 saturated carbocycles. The van der Waals surface area contributed by atoms with Gasteiger partial charge in [0.1, 0.15) is 5.78 Å². The molecule has 1 saturated heterocycles. The lowest BCUT2D eigenvalue weighted by molar-refractivity contribution is -0.151. The Labute approximate surface area is 86.7 Å². The molecule has 2 aliphatic rings. The quantitative estimate of drug-likeness (QED) is 0.638. The van der Waals surface area contributed by atoms with Crippen LogP contribution in [0.25, 0.3) is 0 Å². The lowest BCUT2D eigenvalue weighted by Gasteiger charge is -2.51. The summed E-state index contributed by atoms with van der Waals surface area (Å²) in [7, 11) is 0. The summed E-state index contributed by atoms with van der Waals surface area (Å²) in [6.07, 6.45) is 3.42. The molecule has 2 heteroatoms. The predicted molar refractivity (Wildman–Crippen MR) is 57.2 cm³/mol. The van der Waals surface area contributed by atoms with Gasteiger partial charge in [-0.05, 0) is 19.4 Å². The van der Waals surface area contributed by atoms with E-state index in [4.69, 9.17) is 0 Å². The van der Waals surface area contributed by atoms with Gasteiger partial charge in [0, 0.05) is 23.9 Å². The van der Waals surface area contributed by atoms with Crippen LogP contribution in [0.5, 0.6) is 0 Å². The molecule has 0 aromatic carbocycles. The van der Waals surface area contributed by atoms with Gasteiger partial charge in [0.15, 0.2) is 0 Å². The highest BCUT2D eigenvalue weighted by atomic mass is 16.1. The molecule has 2 bridgehead atoms. The molecular formula is C12H21NO. The number of hydrogen-bond donors (Lipinski definition) is 0. The van der Waals surface area contributed by atoms with Crippen molar-refractivity contribution < 1.29 is 4.79 Å². The van der Waals surface area contributed by atoms with Gasteiger partial charge in [0.25, 0.3) is 0 Å². The molecule has 0 aromatic rings. The number of nitrogens with zero attached hydrogens (tertiary/aromatic N) is 1. The number of fused-ring (bicyclic) bond motifs is 2. The Morgan fingerprint density at radius 2 is 1.71 bits per heavy atom. The van der Waals surface area contributed by atoms with E-state index in [2.05, 4.69) is 25.7 Å². The predicted octanol–water partition coefficient (Wildman–Crippen LogP) is 2.09. The minimum absolute atomic E-state index is 0.0404. The summed E-state index contributed by atoms with van der Waals surface area (Å²) in [4.78, 5) is 14.7. The van der Waals surface area contributed by atoms with Crippen molar-refractivity contribution in [3.8, 4) is 0 Å². The number of carbonyl (C=O) groups excluding carboxylic acids is 1. The first kappa shape index (κ1) is 10.2. The van der Waals surface area contributed by atoms with E-state index in [0.717, 1.165) is 32.5 Å². The minimum atomic E-state index is -0.0404. The Hall–Kier alpha value is -0.370. The van der Waals surface area contributed by atoms with Crippen molar-refractivity contribution in [2.24, 2.45) is 10.8 Å². The average Bonchev–Trinajstić information content (AvgIpc) is 2.11. The Morgan fingerprint density at radius 3 is 2.14 bits per heavy atom. The van der Waals surface area contributed by atoms with Gasteiger partial charge in [0.05, 0.1) is 0 Å². The fourth-order valence-electron chi connectivity index (χ4n) is 3.39. The molecule has 80 valence electrons. The third-order valence-corrected chi connectivity index (χ3v) is 4.15. The van der Waals surface area contributed by atoms with E-state index < -0.39 is 0 Å². The van der Waals surface area contributed by atoms with Crippen LogP contribution in [-0.4, -0.2) is 30.3 Å². The van der Waals surface area contributed by atoms with Crippen LogP contribution in [0.3, 0.4) is 0 Å². The van der Waals surface area contributed by atoms with E-state index in [-0.39, 0.29) is 10.8 Å². The van der Waals surface area contributed by atoms with Crippen molar-refractivity contribution in [3.05, 3.63) is 0 Å². The van der Waals surface area contributed by atoms with Gasteiger partial charge >= 0.3 is 0 Å². The largest absolute Gasteiger partial charge is 0.302 e. The van der Waals surface area contributed by atoms with Crippen molar-refractivity contribution in [1.82, 2.24) is 4.90 Å². The Bertz CT molecular complexity index is 241. The number of Topliss-reactive ketones (excluding diaryl/α,β-unsaturated/α-hetero) is 1. The van der Waals surface area contributed by atoms with Gasteiger partial charge in [0.2, 0.25) is 0 Å². The van der Waals surface area contributed by atoms with Gasteiger partial charge in [-0.25, -0.2) is 0 Å². The number of likely N-dealkylation sites (tertiary alicyclic amines) is 1. The van der Waals surface area contributed by atoms with Crippen LogP contribution in [0.2, 0.25) is 0 Å². The van der Waals surface area contributed by atoms with E-state index in [1.165, 1.54) is 6.42 Å². The summed E-state index contributed by atoms with van der Waals surface area (Å²) >= 11 is 0. The van der Waals surface area contributed by atoms with Crippen molar-refractivity contribution in [2.75, 3.05) is 19.6 Å². The van der Waals surface area contributed by atoms with Crippen molar-refractivity contribution >= 4 is 5.78 Å². The molecule has 0 radical (unpaired) electrons. The molecule has 0 spiro atoms. The van der Waals surface area contributed by atoms with Crippen LogP contribution >= 0.6 is 0 Å². The summed E-state index contributed by atoms with van der Waals surface area (Å²) in [6, 6.07) is 0. The van der Waals surface area contributed by atoms with E-state index in [0.29, 0.717) is 5.78 Å². The van der Waals surface area contributed by atoms with Crippen molar-refractivity contribution in [2.45, 2.75) is 40.0 Å². The molecule has 14 heavy (non-hydrogen) atoms. The van der Waals surface area contributed by atoms with Crippen LogP contribution in [0.4, 0.5) is 0 Å². The van der Waals surface area contributed by atoms with Gasteiger partial charge in [-0.2, -0.15) is 0 Å². The second-order valence-electron chi connectivity index (χ2n) is 5.61. The number of carbonyl (C=O) groups is 1. The van der Waals surface area contributed by atoms with E-state index >= 15 is 0 Å². The second-order valence-corrected chi connectivity index (χ2v) is 5.61. The van der Waals surface area contributed by atoms with Gasteiger partial charge in [-0.15, -0.1) is 0 Å². The first-order valence-electron chi connectivity index (χ1n) is 5.77. The number of ketones is 1. The second kappa shape index (κ2) is 3.06. The van der Waals surface area contributed by atoms with Gasteiger partial charge in [-0.1, -0.05) is 27.2 Å². The third kappa shape index (κ3) is 1.31. The summed E-state index contributed by atoms with van der Waals surface area (Å²) in [6.45, 7) is 9.57. The highest BCUT2D eigenvalue weighted by molar-refractivity contribution is 5.91. The molecule has 0 aromatic heterocycles. The fraction of sp³-hybridized carbons (Fsp3) is 0.917. The van der Waals surface area contributed by atoms with Crippen molar-refractivity contribution in [1.29, 1.82) is 0 Å². The highest BCUT2D eigenvalue weighted by Crippen LogP contribution is 2.47. The van der Waals surface area contributed by atoms with Crippen LogP contribution in [-0.2, 0) is 4.79 Å². The zero-order chi connectivity index (χ0) is 10.4. The first-order valence-corrected chi connectivity index (χ1v) is 5.77. The minimum Gasteiger partial charge on any atom is -0.302 e. The Morgan fingerprint density at radius 1 is 1.21 bits per heavy atom. The van der Waals surface area contributed by atoms with Crippen LogP contribution in [0, 0.1) is 10.8 Å². The zero-order valence-electron chi connectivity index (χ0n) is 9.60. The standard InChI is InChI=1S/C12H21NO/c1-4-13-8-11(2)6-5-7-12(3,9-13)10(11)14/h4-9H2,1-3H3. The Kier molecular flexibility index (Phi) is 2.22. The lowest BCUT2D eigenvalue weighted by atomic mass is 9.59.